The molecule has 5 nitrogen and oxygen atoms in total. The van der Waals surface area contributed by atoms with E-state index in [1.807, 2.05) is 0 Å². The Morgan fingerprint density at radius 3 is 2.78 bits per heavy atom. The minimum Gasteiger partial charge on any atom is -0.383 e. The first-order valence-electron chi connectivity index (χ1n) is 4.66. The number of hydrogen-bond acceptors (Lipinski definition) is 5. The average molecular weight is 323 g/mol. The molecule has 9 heteroatoms. The fourth-order valence-corrected chi connectivity index (χ4v) is 1.57. The Bertz CT molecular complexity index is 569. The standard InChI is InChI=1S/C9H6BrF3N4O/c10-4-1-5(7(14)15-3-4)8-16-6(17-18-8)2-9(11,12)13/h1,3H,2H2,(H2,14,15). The van der Waals surface area contributed by atoms with E-state index >= 15 is 0 Å². The third kappa shape index (κ3) is 2.97. The summed E-state index contributed by atoms with van der Waals surface area (Å²) in [5.41, 5.74) is 5.86. The van der Waals surface area contributed by atoms with Gasteiger partial charge in [-0.1, -0.05) is 5.16 Å². The van der Waals surface area contributed by atoms with Crippen LogP contribution in [0.3, 0.4) is 0 Å². The third-order valence-corrected chi connectivity index (χ3v) is 2.38. The number of nitrogens with zero attached hydrogens (tertiary/aromatic N) is 3. The van der Waals surface area contributed by atoms with Crippen LogP contribution in [0.25, 0.3) is 11.5 Å². The third-order valence-electron chi connectivity index (χ3n) is 1.94. The topological polar surface area (TPSA) is 77.8 Å². The SMILES string of the molecule is Nc1ncc(Br)cc1-c1nc(CC(F)(F)F)no1. The first kappa shape index (κ1) is 12.8. The van der Waals surface area contributed by atoms with Gasteiger partial charge in [0, 0.05) is 10.7 Å². The first-order chi connectivity index (χ1) is 8.35. The molecule has 2 aromatic heterocycles. The van der Waals surface area contributed by atoms with Gasteiger partial charge in [-0.2, -0.15) is 18.2 Å². The van der Waals surface area contributed by atoms with Crippen LogP contribution in [-0.4, -0.2) is 21.3 Å². The van der Waals surface area contributed by atoms with Crippen molar-refractivity contribution in [3.8, 4) is 11.5 Å². The number of anilines is 1. The normalized spacial score (nSPS) is 11.8. The van der Waals surface area contributed by atoms with Crippen LogP contribution < -0.4 is 5.73 Å². The lowest BCUT2D eigenvalue weighted by Gasteiger charge is -2.00. The van der Waals surface area contributed by atoms with E-state index < -0.39 is 18.4 Å². The number of aromatic nitrogens is 3. The smallest absolute Gasteiger partial charge is 0.383 e. The maximum absolute atomic E-state index is 12.1. The zero-order valence-corrected chi connectivity index (χ0v) is 10.3. The quantitative estimate of drug-likeness (QED) is 0.919. The molecule has 0 bridgehead atoms. The number of halogens is 4. The van der Waals surface area contributed by atoms with Crippen LogP contribution in [-0.2, 0) is 6.42 Å². The second-order valence-corrected chi connectivity index (χ2v) is 4.31. The highest BCUT2D eigenvalue weighted by atomic mass is 79.9. The summed E-state index contributed by atoms with van der Waals surface area (Å²) in [5.74, 6) is -0.446. The van der Waals surface area contributed by atoms with Crippen molar-refractivity contribution >= 4 is 21.7 Å². The van der Waals surface area contributed by atoms with Gasteiger partial charge in [0.1, 0.15) is 12.2 Å². The van der Waals surface area contributed by atoms with Crippen LogP contribution in [0.1, 0.15) is 5.82 Å². The van der Waals surface area contributed by atoms with Gasteiger partial charge in [0.2, 0.25) is 0 Å². The number of pyridine rings is 1. The highest BCUT2D eigenvalue weighted by molar-refractivity contribution is 9.10. The Hall–Kier alpha value is -1.64. The largest absolute Gasteiger partial charge is 0.396 e. The molecule has 0 spiro atoms. The van der Waals surface area contributed by atoms with Crippen molar-refractivity contribution in [3.63, 3.8) is 0 Å². The fourth-order valence-electron chi connectivity index (χ4n) is 1.24. The van der Waals surface area contributed by atoms with Gasteiger partial charge in [-0.3, -0.25) is 0 Å². The van der Waals surface area contributed by atoms with E-state index in [9.17, 15) is 13.2 Å². The Balaban J connectivity index is 2.32. The summed E-state index contributed by atoms with van der Waals surface area (Å²) in [7, 11) is 0. The number of alkyl halides is 3. The molecule has 2 heterocycles. The van der Waals surface area contributed by atoms with E-state index in [1.54, 1.807) is 0 Å². The van der Waals surface area contributed by atoms with Crippen molar-refractivity contribution in [2.45, 2.75) is 12.6 Å². The van der Waals surface area contributed by atoms with Crippen molar-refractivity contribution in [1.82, 2.24) is 15.1 Å². The molecule has 2 aromatic rings. The average Bonchev–Trinajstić information content (AvgIpc) is 2.67. The van der Waals surface area contributed by atoms with Crippen LogP contribution in [0, 0.1) is 0 Å². The Kier molecular flexibility index (Phi) is 3.24. The molecule has 0 aliphatic rings. The number of hydrogen-bond donors (Lipinski definition) is 1. The Labute approximate surface area is 107 Å². The van der Waals surface area contributed by atoms with Crippen LogP contribution in [0.5, 0.6) is 0 Å². The van der Waals surface area contributed by atoms with Gasteiger partial charge >= 0.3 is 6.18 Å². The van der Waals surface area contributed by atoms with Gasteiger partial charge in [-0.25, -0.2) is 4.98 Å². The van der Waals surface area contributed by atoms with E-state index in [1.165, 1.54) is 12.3 Å². The summed E-state index contributed by atoms with van der Waals surface area (Å²) in [6.45, 7) is 0. The molecule has 0 radical (unpaired) electrons. The summed E-state index contributed by atoms with van der Waals surface area (Å²) in [4.78, 5) is 7.45. The summed E-state index contributed by atoms with van der Waals surface area (Å²) in [5, 5.41) is 3.24. The van der Waals surface area contributed by atoms with Crippen LogP contribution in [0.4, 0.5) is 19.0 Å². The Morgan fingerprint density at radius 2 is 2.11 bits per heavy atom. The van der Waals surface area contributed by atoms with Gasteiger partial charge in [0.25, 0.3) is 5.89 Å². The second kappa shape index (κ2) is 4.56. The highest BCUT2D eigenvalue weighted by Crippen LogP contribution is 2.27. The molecule has 2 rings (SSSR count). The molecular formula is C9H6BrF3N4O. The molecule has 0 atom stereocenters. The van der Waals surface area contributed by atoms with Gasteiger partial charge in [-0.05, 0) is 22.0 Å². The summed E-state index contributed by atoms with van der Waals surface area (Å²) >= 11 is 3.16. The molecule has 0 saturated carbocycles. The molecule has 0 aliphatic carbocycles. The Morgan fingerprint density at radius 1 is 1.39 bits per heavy atom. The molecule has 18 heavy (non-hydrogen) atoms. The lowest BCUT2D eigenvalue weighted by atomic mass is 10.2. The monoisotopic (exact) mass is 322 g/mol. The fraction of sp³-hybridized carbons (Fsp3) is 0.222. The van der Waals surface area contributed by atoms with Crippen molar-refractivity contribution in [2.75, 3.05) is 5.73 Å². The van der Waals surface area contributed by atoms with E-state index in [0.717, 1.165) is 0 Å². The molecule has 0 aromatic carbocycles. The molecule has 0 fully saturated rings. The van der Waals surface area contributed by atoms with Crippen LogP contribution >= 0.6 is 15.9 Å². The second-order valence-electron chi connectivity index (χ2n) is 3.39. The summed E-state index contributed by atoms with van der Waals surface area (Å²) in [6, 6.07) is 1.53. The number of nitrogens with two attached hydrogens (primary N) is 1. The number of rotatable bonds is 2. The summed E-state index contributed by atoms with van der Waals surface area (Å²) in [6.07, 6.45) is -4.19. The van der Waals surface area contributed by atoms with Crippen molar-refractivity contribution in [3.05, 3.63) is 22.6 Å². The lowest BCUT2D eigenvalue weighted by Crippen LogP contribution is -2.12. The van der Waals surface area contributed by atoms with E-state index in [-0.39, 0.29) is 17.3 Å². The molecule has 0 unspecified atom stereocenters. The van der Waals surface area contributed by atoms with Crippen molar-refractivity contribution in [2.24, 2.45) is 0 Å². The van der Waals surface area contributed by atoms with Gasteiger partial charge in [-0.15, -0.1) is 0 Å². The van der Waals surface area contributed by atoms with Crippen LogP contribution in [0.2, 0.25) is 0 Å². The maximum atomic E-state index is 12.1. The van der Waals surface area contributed by atoms with Crippen LogP contribution in [0.15, 0.2) is 21.3 Å². The molecule has 0 aliphatic heterocycles. The van der Waals surface area contributed by atoms with E-state index in [4.69, 9.17) is 10.3 Å². The van der Waals surface area contributed by atoms with E-state index in [0.29, 0.717) is 4.47 Å². The van der Waals surface area contributed by atoms with E-state index in [2.05, 4.69) is 31.1 Å². The minimum atomic E-state index is -4.39. The summed E-state index contributed by atoms with van der Waals surface area (Å²) < 4.78 is 41.7. The maximum Gasteiger partial charge on any atom is 0.396 e. The molecule has 96 valence electrons. The first-order valence-corrected chi connectivity index (χ1v) is 5.45. The van der Waals surface area contributed by atoms with Gasteiger partial charge < -0.3 is 10.3 Å². The molecular weight excluding hydrogens is 317 g/mol. The lowest BCUT2D eigenvalue weighted by molar-refractivity contribution is -0.128. The zero-order chi connectivity index (χ0) is 13.3. The van der Waals surface area contributed by atoms with Gasteiger partial charge in [0.15, 0.2) is 5.82 Å². The zero-order valence-electron chi connectivity index (χ0n) is 8.70. The predicted octanol–water partition coefficient (Wildman–Crippen LogP) is 2.58. The molecule has 0 saturated heterocycles. The number of nitrogen functional groups attached to an aromatic ring is 1. The minimum absolute atomic E-state index is 0.0967. The molecule has 2 N–H and O–H groups in total. The highest BCUT2D eigenvalue weighted by Gasteiger charge is 2.30. The molecule has 0 amide bonds. The van der Waals surface area contributed by atoms with Crippen molar-refractivity contribution in [1.29, 1.82) is 0 Å². The van der Waals surface area contributed by atoms with Crippen molar-refractivity contribution < 1.29 is 17.7 Å². The predicted molar refractivity (Wildman–Crippen MR) is 59.4 cm³/mol. The van der Waals surface area contributed by atoms with Gasteiger partial charge in [0.05, 0.1) is 5.56 Å².